The van der Waals surface area contributed by atoms with E-state index in [9.17, 15) is 0 Å². The fraction of sp³-hybridized carbons (Fsp3) is 0.600. The van der Waals surface area contributed by atoms with Gasteiger partial charge < -0.3 is 9.47 Å². The van der Waals surface area contributed by atoms with E-state index in [1.54, 1.807) is 0 Å². The maximum Gasteiger partial charge on any atom is 0.0932 e. The molecule has 1 heterocycles. The van der Waals surface area contributed by atoms with Gasteiger partial charge in [-0.3, -0.25) is 0 Å². The molecule has 0 saturated carbocycles. The van der Waals surface area contributed by atoms with Crippen molar-refractivity contribution in [3.05, 3.63) is 34.9 Å². The minimum Gasteiger partial charge on any atom is -0.375 e. The van der Waals surface area contributed by atoms with Crippen molar-refractivity contribution in [3.63, 3.8) is 0 Å². The predicted molar refractivity (Wildman–Crippen MR) is 87.2 cm³/mol. The van der Waals surface area contributed by atoms with Crippen LogP contribution in [0.4, 0.5) is 0 Å². The molecule has 1 saturated heterocycles. The fourth-order valence-corrected chi connectivity index (χ4v) is 3.56. The Morgan fingerprint density at radius 3 is 2.53 bits per heavy atom. The van der Waals surface area contributed by atoms with E-state index >= 15 is 0 Å². The van der Waals surface area contributed by atoms with Crippen LogP contribution < -0.4 is 0 Å². The van der Waals surface area contributed by atoms with Crippen molar-refractivity contribution in [1.29, 1.82) is 0 Å². The molecule has 2 nitrogen and oxygen atoms in total. The van der Waals surface area contributed by atoms with Gasteiger partial charge in [-0.1, -0.05) is 52.4 Å². The van der Waals surface area contributed by atoms with Crippen molar-refractivity contribution in [1.82, 2.24) is 0 Å². The molecule has 4 heteroatoms. The monoisotopic (exact) mass is 394 g/mol. The van der Waals surface area contributed by atoms with E-state index in [0.717, 1.165) is 27.9 Å². The van der Waals surface area contributed by atoms with Gasteiger partial charge in [-0.05, 0) is 32.8 Å². The number of ether oxygens (including phenoxy) is 2. The first-order chi connectivity index (χ1) is 9.10. The van der Waals surface area contributed by atoms with Crippen molar-refractivity contribution in [2.24, 2.45) is 0 Å². The summed E-state index contributed by atoms with van der Waals surface area (Å²) in [5, 5.41) is 0.789. The quantitative estimate of drug-likeness (QED) is 0.540. The molecular weight excluding hydrogens is 375 g/mol. The first kappa shape index (κ1) is 15.5. The van der Waals surface area contributed by atoms with Crippen molar-refractivity contribution >= 4 is 34.2 Å². The second-order valence-electron chi connectivity index (χ2n) is 5.15. The number of hydrogen-bond acceptors (Lipinski definition) is 2. The summed E-state index contributed by atoms with van der Waals surface area (Å²) in [6.45, 7) is 4.22. The molecule has 0 aliphatic carbocycles. The summed E-state index contributed by atoms with van der Waals surface area (Å²) in [6, 6.07) is 7.94. The first-order valence-electron chi connectivity index (χ1n) is 6.71. The average molecular weight is 395 g/mol. The zero-order chi connectivity index (χ0) is 13.8. The highest BCUT2D eigenvalue weighted by Crippen LogP contribution is 2.32. The molecule has 0 amide bonds. The number of alkyl halides is 1. The highest BCUT2D eigenvalue weighted by molar-refractivity contribution is 14.1. The first-order valence-corrected chi connectivity index (χ1v) is 8.61. The lowest BCUT2D eigenvalue weighted by Gasteiger charge is -2.34. The molecule has 3 unspecified atom stereocenters. The van der Waals surface area contributed by atoms with Crippen LogP contribution in [0.2, 0.25) is 5.02 Å². The Labute approximate surface area is 134 Å². The van der Waals surface area contributed by atoms with Crippen molar-refractivity contribution in [3.8, 4) is 0 Å². The van der Waals surface area contributed by atoms with Gasteiger partial charge in [0.25, 0.3) is 0 Å². The standard InChI is InChI=1S/C15H20ClIO2/c1-10-7-12(8-11(2)18-10)19-15(9-17)13-5-3-4-6-14(13)16/h3-6,10-12,15H,7-9H2,1-2H3. The summed E-state index contributed by atoms with van der Waals surface area (Å²) < 4.78 is 12.9. The van der Waals surface area contributed by atoms with Gasteiger partial charge in [0, 0.05) is 15.0 Å². The van der Waals surface area contributed by atoms with E-state index in [2.05, 4.69) is 42.5 Å². The van der Waals surface area contributed by atoms with Crippen molar-refractivity contribution < 1.29 is 9.47 Å². The maximum atomic E-state index is 6.28. The molecule has 0 bridgehead atoms. The lowest BCUT2D eigenvalue weighted by atomic mass is 10.0. The Bertz CT molecular complexity index is 403. The Morgan fingerprint density at radius 1 is 1.32 bits per heavy atom. The fourth-order valence-electron chi connectivity index (χ4n) is 2.62. The smallest absolute Gasteiger partial charge is 0.0932 e. The Hall–Kier alpha value is 0.160. The van der Waals surface area contributed by atoms with E-state index in [4.69, 9.17) is 21.1 Å². The Kier molecular flexibility index (Phi) is 5.93. The van der Waals surface area contributed by atoms with Crippen LogP contribution in [0.3, 0.4) is 0 Å². The van der Waals surface area contributed by atoms with Gasteiger partial charge in [0.1, 0.15) is 0 Å². The molecule has 0 radical (unpaired) electrons. The Morgan fingerprint density at radius 2 is 1.95 bits per heavy atom. The second-order valence-corrected chi connectivity index (χ2v) is 6.44. The third-order valence-electron chi connectivity index (χ3n) is 3.40. The molecule has 106 valence electrons. The number of halogens is 2. The average Bonchev–Trinajstić information content (AvgIpc) is 2.36. The van der Waals surface area contributed by atoms with Gasteiger partial charge in [-0.2, -0.15) is 0 Å². The van der Waals surface area contributed by atoms with E-state index in [0.29, 0.717) is 0 Å². The maximum absolute atomic E-state index is 6.28. The molecule has 1 fully saturated rings. The Balaban J connectivity index is 2.05. The molecule has 0 aromatic heterocycles. The normalized spacial score (nSPS) is 29.2. The summed E-state index contributed by atoms with van der Waals surface area (Å²) in [5.74, 6) is 0. The third kappa shape index (κ3) is 4.31. The van der Waals surface area contributed by atoms with Gasteiger partial charge in [0.05, 0.1) is 24.4 Å². The summed E-state index contributed by atoms with van der Waals surface area (Å²) in [6.07, 6.45) is 2.79. The minimum absolute atomic E-state index is 0.0665. The summed E-state index contributed by atoms with van der Waals surface area (Å²) in [5.41, 5.74) is 1.09. The molecule has 1 aliphatic heterocycles. The molecule has 3 atom stereocenters. The van der Waals surface area contributed by atoms with E-state index in [1.165, 1.54) is 0 Å². The van der Waals surface area contributed by atoms with E-state index in [1.807, 2.05) is 18.2 Å². The van der Waals surface area contributed by atoms with Crippen LogP contribution in [0.15, 0.2) is 24.3 Å². The molecule has 1 aromatic carbocycles. The minimum atomic E-state index is 0.0665. The summed E-state index contributed by atoms with van der Waals surface area (Å²) in [4.78, 5) is 0. The SMILES string of the molecule is CC1CC(OC(CI)c2ccccc2Cl)CC(C)O1. The molecule has 1 aromatic rings. The van der Waals surface area contributed by atoms with Crippen LogP contribution in [0, 0.1) is 0 Å². The molecule has 1 aliphatic rings. The molecular formula is C15H20ClIO2. The van der Waals surface area contributed by atoms with Crippen molar-refractivity contribution in [2.45, 2.75) is 51.1 Å². The zero-order valence-corrected chi connectivity index (χ0v) is 14.2. The molecule has 0 N–H and O–H groups in total. The lowest BCUT2D eigenvalue weighted by Crippen LogP contribution is -2.35. The van der Waals surface area contributed by atoms with Crippen LogP contribution in [-0.2, 0) is 9.47 Å². The summed E-state index contributed by atoms with van der Waals surface area (Å²) in [7, 11) is 0. The molecule has 2 rings (SSSR count). The number of hydrogen-bond donors (Lipinski definition) is 0. The van der Waals surface area contributed by atoms with Gasteiger partial charge >= 0.3 is 0 Å². The van der Waals surface area contributed by atoms with Crippen LogP contribution in [0.1, 0.15) is 38.4 Å². The van der Waals surface area contributed by atoms with E-state index in [-0.39, 0.29) is 24.4 Å². The zero-order valence-electron chi connectivity index (χ0n) is 11.3. The topological polar surface area (TPSA) is 18.5 Å². The van der Waals surface area contributed by atoms with Gasteiger partial charge in [-0.15, -0.1) is 0 Å². The second kappa shape index (κ2) is 7.25. The van der Waals surface area contributed by atoms with Gasteiger partial charge in [0.15, 0.2) is 0 Å². The van der Waals surface area contributed by atoms with Crippen molar-refractivity contribution in [2.75, 3.05) is 4.43 Å². The van der Waals surface area contributed by atoms with E-state index < -0.39 is 0 Å². The lowest BCUT2D eigenvalue weighted by molar-refractivity contribution is -0.118. The largest absolute Gasteiger partial charge is 0.375 e. The highest BCUT2D eigenvalue weighted by atomic mass is 127. The van der Waals surface area contributed by atoms with Crippen LogP contribution in [-0.4, -0.2) is 22.7 Å². The van der Waals surface area contributed by atoms with Crippen LogP contribution >= 0.6 is 34.2 Å². The molecule has 0 spiro atoms. The van der Waals surface area contributed by atoms with Gasteiger partial charge in [-0.25, -0.2) is 0 Å². The third-order valence-corrected chi connectivity index (χ3v) is 4.55. The molecule has 19 heavy (non-hydrogen) atoms. The van der Waals surface area contributed by atoms with Gasteiger partial charge in [0.2, 0.25) is 0 Å². The number of benzene rings is 1. The highest BCUT2D eigenvalue weighted by Gasteiger charge is 2.28. The summed E-state index contributed by atoms with van der Waals surface area (Å²) >= 11 is 8.63. The van der Waals surface area contributed by atoms with Crippen LogP contribution in [0.25, 0.3) is 0 Å². The predicted octanol–water partition coefficient (Wildman–Crippen LogP) is 4.79. The van der Waals surface area contributed by atoms with Crippen LogP contribution in [0.5, 0.6) is 0 Å². The number of rotatable bonds is 4.